The molecule has 2 amide bonds. The van der Waals surface area contributed by atoms with Gasteiger partial charge in [0.1, 0.15) is 22.0 Å². The zero-order valence-electron chi connectivity index (χ0n) is 17.8. The standard InChI is InChI=1S/C21H29N5O3S/c1-21(2,3)29-20(28)26-11-7-8-13(12-26)24-18(23-4)16(17(22)27)19-25-14-9-5-6-10-15(14)30-19/h5-6,9-10,13,23-24H,7-8,11-12H2,1-4H3,(H2,22,27)/b18-16-. The molecule has 9 heteroatoms. The SMILES string of the molecule is CN/C(NC1CCCN(C(=O)OC(C)(C)C)C1)=C(\C(N)=O)c1nc2ccccc2s1. The average Bonchev–Trinajstić information content (AvgIpc) is 3.09. The summed E-state index contributed by atoms with van der Waals surface area (Å²) in [5.41, 5.74) is 6.31. The lowest BCUT2D eigenvalue weighted by Gasteiger charge is -2.35. The second kappa shape index (κ2) is 8.91. The van der Waals surface area contributed by atoms with Crippen molar-refractivity contribution in [3.05, 3.63) is 35.1 Å². The van der Waals surface area contributed by atoms with Crippen LogP contribution in [0, 0.1) is 0 Å². The smallest absolute Gasteiger partial charge is 0.410 e. The summed E-state index contributed by atoms with van der Waals surface area (Å²) >= 11 is 1.42. The van der Waals surface area contributed by atoms with Crippen LogP contribution in [0.25, 0.3) is 15.8 Å². The largest absolute Gasteiger partial charge is 0.444 e. The van der Waals surface area contributed by atoms with E-state index in [2.05, 4.69) is 15.6 Å². The first-order valence-electron chi connectivity index (χ1n) is 10.00. The number of carbonyl (C=O) groups is 2. The molecule has 2 aromatic rings. The summed E-state index contributed by atoms with van der Waals surface area (Å²) < 4.78 is 6.48. The Morgan fingerprint density at radius 3 is 2.67 bits per heavy atom. The Bertz CT molecular complexity index is 930. The maximum absolute atomic E-state index is 12.4. The van der Waals surface area contributed by atoms with Gasteiger partial charge in [-0.15, -0.1) is 11.3 Å². The van der Waals surface area contributed by atoms with E-state index in [4.69, 9.17) is 10.5 Å². The number of rotatable bonds is 5. The molecular weight excluding hydrogens is 402 g/mol. The molecule has 1 aliphatic heterocycles. The molecular formula is C21H29N5O3S. The Hall–Kier alpha value is -2.81. The van der Waals surface area contributed by atoms with Gasteiger partial charge in [-0.05, 0) is 45.7 Å². The van der Waals surface area contributed by atoms with E-state index < -0.39 is 11.5 Å². The molecule has 30 heavy (non-hydrogen) atoms. The summed E-state index contributed by atoms with van der Waals surface area (Å²) in [5.74, 6) is -0.0525. The van der Waals surface area contributed by atoms with Crippen molar-refractivity contribution in [2.24, 2.45) is 5.73 Å². The summed E-state index contributed by atoms with van der Waals surface area (Å²) in [5, 5.41) is 6.97. The van der Waals surface area contributed by atoms with Crippen LogP contribution in [0.3, 0.4) is 0 Å². The highest BCUT2D eigenvalue weighted by Gasteiger charge is 2.29. The van der Waals surface area contributed by atoms with Crippen LogP contribution < -0.4 is 16.4 Å². The van der Waals surface area contributed by atoms with E-state index in [9.17, 15) is 9.59 Å². The molecule has 0 saturated carbocycles. The Morgan fingerprint density at radius 1 is 1.30 bits per heavy atom. The first-order valence-corrected chi connectivity index (χ1v) is 10.8. The third-order valence-corrected chi connectivity index (χ3v) is 5.73. The Morgan fingerprint density at radius 2 is 2.03 bits per heavy atom. The Labute approximate surface area is 180 Å². The van der Waals surface area contributed by atoms with Crippen LogP contribution in [-0.4, -0.2) is 53.7 Å². The summed E-state index contributed by atoms with van der Waals surface area (Å²) in [6.45, 7) is 6.68. The third kappa shape index (κ3) is 5.21. The topological polar surface area (TPSA) is 110 Å². The number of hydrogen-bond acceptors (Lipinski definition) is 7. The fourth-order valence-electron chi connectivity index (χ4n) is 3.38. The van der Waals surface area contributed by atoms with E-state index in [0.29, 0.717) is 29.5 Å². The lowest BCUT2D eigenvalue weighted by molar-refractivity contribution is -0.112. The highest BCUT2D eigenvalue weighted by atomic mass is 32.1. The highest BCUT2D eigenvalue weighted by molar-refractivity contribution is 7.19. The van der Waals surface area contributed by atoms with Crippen molar-refractivity contribution in [1.29, 1.82) is 0 Å². The van der Waals surface area contributed by atoms with Crippen molar-refractivity contribution >= 4 is 39.1 Å². The maximum atomic E-state index is 12.4. The minimum atomic E-state index is -0.564. The quantitative estimate of drug-likeness (QED) is 0.628. The number of fused-ring (bicyclic) bond motifs is 1. The van der Waals surface area contributed by atoms with Crippen molar-refractivity contribution in [2.75, 3.05) is 20.1 Å². The minimum absolute atomic E-state index is 0.0440. The number of hydrogen-bond donors (Lipinski definition) is 3. The van der Waals surface area contributed by atoms with Crippen LogP contribution in [-0.2, 0) is 9.53 Å². The van der Waals surface area contributed by atoms with Gasteiger partial charge in [0, 0.05) is 26.2 Å². The van der Waals surface area contributed by atoms with E-state index in [0.717, 1.165) is 23.1 Å². The molecule has 0 aliphatic carbocycles. The van der Waals surface area contributed by atoms with Crippen LogP contribution >= 0.6 is 11.3 Å². The number of nitrogens with one attached hydrogen (secondary N) is 2. The summed E-state index contributed by atoms with van der Waals surface area (Å²) in [7, 11) is 1.73. The van der Waals surface area contributed by atoms with Crippen LogP contribution in [0.4, 0.5) is 4.79 Å². The van der Waals surface area contributed by atoms with Crippen molar-refractivity contribution < 1.29 is 14.3 Å². The number of amides is 2. The highest BCUT2D eigenvalue weighted by Crippen LogP contribution is 2.28. The normalized spacial score (nSPS) is 18.0. The van der Waals surface area contributed by atoms with Crippen LogP contribution in [0.5, 0.6) is 0 Å². The molecule has 2 heterocycles. The number of likely N-dealkylation sites (tertiary alicyclic amines) is 1. The molecule has 1 fully saturated rings. The number of nitrogens with zero attached hydrogens (tertiary/aromatic N) is 2. The lowest BCUT2D eigenvalue weighted by atomic mass is 10.1. The van der Waals surface area contributed by atoms with E-state index in [-0.39, 0.29) is 12.1 Å². The molecule has 1 aliphatic rings. The monoisotopic (exact) mass is 431 g/mol. The average molecular weight is 432 g/mol. The van der Waals surface area contributed by atoms with Gasteiger partial charge in [0.05, 0.1) is 10.2 Å². The predicted molar refractivity (Wildman–Crippen MR) is 119 cm³/mol. The van der Waals surface area contributed by atoms with Gasteiger partial charge in [0.15, 0.2) is 0 Å². The van der Waals surface area contributed by atoms with Gasteiger partial charge in [0.25, 0.3) is 5.91 Å². The number of ether oxygens (including phenoxy) is 1. The molecule has 1 unspecified atom stereocenters. The Balaban J connectivity index is 1.83. The molecule has 1 aromatic carbocycles. The van der Waals surface area contributed by atoms with Gasteiger partial charge >= 0.3 is 6.09 Å². The molecule has 4 N–H and O–H groups in total. The predicted octanol–water partition coefficient (Wildman–Crippen LogP) is 2.66. The van der Waals surface area contributed by atoms with Gasteiger partial charge in [-0.25, -0.2) is 9.78 Å². The molecule has 1 aromatic heterocycles. The Kier molecular flexibility index (Phi) is 6.50. The number of aromatic nitrogens is 1. The number of benzene rings is 1. The number of primary amides is 1. The second-order valence-corrected chi connectivity index (χ2v) is 9.29. The van der Waals surface area contributed by atoms with Crippen LogP contribution in [0.15, 0.2) is 30.1 Å². The van der Waals surface area contributed by atoms with Gasteiger partial charge in [-0.1, -0.05) is 12.1 Å². The van der Waals surface area contributed by atoms with Gasteiger partial charge in [-0.2, -0.15) is 0 Å². The number of thiazole rings is 1. The first-order chi connectivity index (χ1) is 14.2. The lowest BCUT2D eigenvalue weighted by Crippen LogP contribution is -2.50. The first kappa shape index (κ1) is 21.9. The van der Waals surface area contributed by atoms with Gasteiger partial charge in [-0.3, -0.25) is 4.79 Å². The number of para-hydroxylation sites is 1. The van der Waals surface area contributed by atoms with E-state index in [1.165, 1.54) is 11.3 Å². The fourth-order valence-corrected chi connectivity index (χ4v) is 4.40. The van der Waals surface area contributed by atoms with Crippen LogP contribution in [0.2, 0.25) is 0 Å². The number of nitrogens with two attached hydrogens (primary N) is 1. The molecule has 162 valence electrons. The molecule has 8 nitrogen and oxygen atoms in total. The van der Waals surface area contributed by atoms with Gasteiger partial charge < -0.3 is 26.0 Å². The molecule has 1 saturated heterocycles. The maximum Gasteiger partial charge on any atom is 0.410 e. The van der Waals surface area contributed by atoms with Crippen molar-refractivity contribution in [1.82, 2.24) is 20.5 Å². The summed E-state index contributed by atoms with van der Waals surface area (Å²) in [6.07, 6.45) is 1.36. The third-order valence-electron chi connectivity index (χ3n) is 4.68. The zero-order chi connectivity index (χ0) is 21.9. The van der Waals surface area contributed by atoms with Crippen molar-refractivity contribution in [3.63, 3.8) is 0 Å². The molecule has 3 rings (SSSR count). The fraction of sp³-hybridized carbons (Fsp3) is 0.476. The van der Waals surface area contributed by atoms with Crippen molar-refractivity contribution in [3.8, 4) is 0 Å². The zero-order valence-corrected chi connectivity index (χ0v) is 18.6. The number of piperidine rings is 1. The summed E-state index contributed by atoms with van der Waals surface area (Å²) in [4.78, 5) is 31.0. The minimum Gasteiger partial charge on any atom is -0.444 e. The molecule has 1 atom stereocenters. The van der Waals surface area contributed by atoms with E-state index in [1.807, 2.05) is 45.0 Å². The summed E-state index contributed by atoms with van der Waals surface area (Å²) in [6, 6.07) is 7.66. The number of carbonyl (C=O) groups excluding carboxylic acids is 2. The molecule has 0 bridgehead atoms. The van der Waals surface area contributed by atoms with E-state index >= 15 is 0 Å². The molecule has 0 spiro atoms. The van der Waals surface area contributed by atoms with Crippen molar-refractivity contribution in [2.45, 2.75) is 45.3 Å². The molecule has 0 radical (unpaired) electrons. The van der Waals surface area contributed by atoms with E-state index in [1.54, 1.807) is 11.9 Å². The van der Waals surface area contributed by atoms with Crippen LogP contribution in [0.1, 0.15) is 38.6 Å². The second-order valence-electron chi connectivity index (χ2n) is 8.26. The van der Waals surface area contributed by atoms with Gasteiger partial charge in [0.2, 0.25) is 0 Å².